The molecule has 1 atom stereocenters. The summed E-state index contributed by atoms with van der Waals surface area (Å²) in [5.74, 6) is -0.661. The number of anilines is 1. The number of halogens is 1. The van der Waals surface area contributed by atoms with E-state index < -0.39 is 6.04 Å². The maximum atomic E-state index is 14.2. The Hall–Kier alpha value is -3.30. The summed E-state index contributed by atoms with van der Waals surface area (Å²) < 4.78 is 15.9. The van der Waals surface area contributed by atoms with Gasteiger partial charge in [0, 0.05) is 49.5 Å². The van der Waals surface area contributed by atoms with Crippen LogP contribution in [0.3, 0.4) is 0 Å². The molecule has 4 rings (SSSR count). The van der Waals surface area contributed by atoms with Crippen LogP contribution in [0.5, 0.6) is 0 Å². The van der Waals surface area contributed by atoms with E-state index in [9.17, 15) is 14.0 Å². The Morgan fingerprint density at radius 2 is 1.97 bits per heavy atom. The molecular formula is C26H30FN5O2S. The summed E-state index contributed by atoms with van der Waals surface area (Å²) >= 11 is 5.29. The molecule has 0 spiro atoms. The second kappa shape index (κ2) is 10.5. The number of nitrogens with zero attached hydrogens (tertiary/aromatic N) is 3. The van der Waals surface area contributed by atoms with Gasteiger partial charge in [0.1, 0.15) is 5.82 Å². The number of carbonyl (C=O) groups excluding carboxylic acids is 1. The lowest BCUT2D eigenvalue weighted by atomic mass is 10.0. The van der Waals surface area contributed by atoms with Crippen molar-refractivity contribution in [3.8, 4) is 0 Å². The average molecular weight is 496 g/mol. The third-order valence-electron chi connectivity index (χ3n) is 6.52. The first-order valence-electron chi connectivity index (χ1n) is 11.8. The maximum absolute atomic E-state index is 14.2. The van der Waals surface area contributed by atoms with Gasteiger partial charge in [-0.25, -0.2) is 4.39 Å². The van der Waals surface area contributed by atoms with Gasteiger partial charge in [-0.15, -0.1) is 6.58 Å². The molecule has 2 heterocycles. The number of fused-ring (bicyclic) bond motifs is 1. The molecule has 7 nitrogen and oxygen atoms in total. The van der Waals surface area contributed by atoms with Crippen molar-refractivity contribution in [3.05, 3.63) is 81.1 Å². The summed E-state index contributed by atoms with van der Waals surface area (Å²) in [6.45, 7) is 12.5. The molecule has 1 fully saturated rings. The monoisotopic (exact) mass is 495 g/mol. The summed E-state index contributed by atoms with van der Waals surface area (Å²) in [4.78, 5) is 33.5. The van der Waals surface area contributed by atoms with E-state index in [0.29, 0.717) is 23.0 Å². The third-order valence-corrected chi connectivity index (χ3v) is 6.84. The molecule has 0 aliphatic carbocycles. The molecule has 1 unspecified atom stereocenters. The fourth-order valence-electron chi connectivity index (χ4n) is 4.51. The van der Waals surface area contributed by atoms with Gasteiger partial charge in [-0.1, -0.05) is 13.0 Å². The van der Waals surface area contributed by atoms with E-state index in [2.05, 4.69) is 33.6 Å². The van der Waals surface area contributed by atoms with Crippen LogP contribution in [0.15, 0.2) is 53.8 Å². The zero-order valence-electron chi connectivity index (χ0n) is 20.0. The van der Waals surface area contributed by atoms with E-state index in [1.807, 2.05) is 6.92 Å². The number of carbonyl (C=O) groups is 1. The van der Waals surface area contributed by atoms with E-state index in [1.54, 1.807) is 30.3 Å². The molecule has 1 amide bonds. The zero-order chi connectivity index (χ0) is 25.1. The Kier molecular flexibility index (Phi) is 7.47. The van der Waals surface area contributed by atoms with E-state index >= 15 is 0 Å². The number of hydrogen-bond acceptors (Lipinski definition) is 5. The normalized spacial score (nSPS) is 15.2. The molecule has 1 aromatic heterocycles. The molecule has 1 aliphatic rings. The largest absolute Gasteiger partial charge is 0.369 e. The van der Waals surface area contributed by atoms with Gasteiger partial charge in [-0.2, -0.15) is 0 Å². The van der Waals surface area contributed by atoms with Crippen LogP contribution in [-0.4, -0.2) is 53.1 Å². The summed E-state index contributed by atoms with van der Waals surface area (Å²) in [6.07, 6.45) is 1.60. The molecule has 2 aromatic carbocycles. The van der Waals surface area contributed by atoms with Gasteiger partial charge in [0.15, 0.2) is 4.77 Å². The van der Waals surface area contributed by atoms with Crippen molar-refractivity contribution in [1.82, 2.24) is 19.8 Å². The highest BCUT2D eigenvalue weighted by atomic mass is 32.1. The van der Waals surface area contributed by atoms with Crippen LogP contribution in [0, 0.1) is 10.6 Å². The van der Waals surface area contributed by atoms with Crippen molar-refractivity contribution < 1.29 is 9.18 Å². The highest BCUT2D eigenvalue weighted by Gasteiger charge is 2.22. The number of aromatic amines is 1. The number of piperazine rings is 1. The lowest BCUT2D eigenvalue weighted by molar-refractivity contribution is 0.0940. The molecule has 1 saturated heterocycles. The van der Waals surface area contributed by atoms with E-state index in [1.165, 1.54) is 16.7 Å². The Morgan fingerprint density at radius 3 is 2.66 bits per heavy atom. The fraction of sp³-hybridized carbons (Fsp3) is 0.346. The predicted octanol–water partition coefficient (Wildman–Crippen LogP) is 4.02. The molecule has 0 saturated carbocycles. The Bertz CT molecular complexity index is 1370. The van der Waals surface area contributed by atoms with Gasteiger partial charge in [0.25, 0.3) is 11.5 Å². The molecule has 184 valence electrons. The highest BCUT2D eigenvalue weighted by Crippen LogP contribution is 2.29. The topological polar surface area (TPSA) is 73.4 Å². The zero-order valence-corrected chi connectivity index (χ0v) is 20.8. The number of H-pyrrole nitrogens is 1. The number of allylic oxidation sites excluding steroid dienone is 1. The van der Waals surface area contributed by atoms with Crippen molar-refractivity contribution in [1.29, 1.82) is 0 Å². The third kappa shape index (κ3) is 5.21. The molecule has 3 aromatic rings. The smallest absolute Gasteiger partial charge is 0.262 e. The lowest BCUT2D eigenvalue weighted by Gasteiger charge is -2.37. The number of nitrogens with one attached hydrogen (secondary N) is 2. The van der Waals surface area contributed by atoms with Crippen molar-refractivity contribution in [3.63, 3.8) is 0 Å². The van der Waals surface area contributed by atoms with Crippen LogP contribution in [0.25, 0.3) is 10.9 Å². The van der Waals surface area contributed by atoms with Crippen LogP contribution in [0.1, 0.15) is 35.8 Å². The van der Waals surface area contributed by atoms with Crippen LogP contribution in [0.2, 0.25) is 0 Å². The predicted molar refractivity (Wildman–Crippen MR) is 140 cm³/mol. The summed E-state index contributed by atoms with van der Waals surface area (Å²) in [5.41, 5.74) is 2.29. The van der Waals surface area contributed by atoms with E-state index in [4.69, 9.17) is 12.2 Å². The first-order valence-corrected chi connectivity index (χ1v) is 12.2. The van der Waals surface area contributed by atoms with Gasteiger partial charge in [0.2, 0.25) is 0 Å². The van der Waals surface area contributed by atoms with E-state index in [0.717, 1.165) is 44.0 Å². The van der Waals surface area contributed by atoms with Crippen molar-refractivity contribution in [2.75, 3.05) is 37.6 Å². The minimum atomic E-state index is -0.424. The summed E-state index contributed by atoms with van der Waals surface area (Å²) in [7, 11) is 0. The number of likely N-dealkylation sites (N-methyl/N-ethyl adjacent to an activating group) is 1. The number of hydrogen-bond donors (Lipinski definition) is 2. The molecule has 1 aliphatic heterocycles. The Morgan fingerprint density at radius 1 is 1.23 bits per heavy atom. The van der Waals surface area contributed by atoms with Gasteiger partial charge < -0.3 is 20.1 Å². The number of benzene rings is 2. The van der Waals surface area contributed by atoms with Gasteiger partial charge in [-0.3, -0.25) is 14.2 Å². The van der Waals surface area contributed by atoms with Crippen LogP contribution >= 0.6 is 12.2 Å². The second-order valence-corrected chi connectivity index (χ2v) is 9.10. The van der Waals surface area contributed by atoms with Gasteiger partial charge in [0.05, 0.1) is 16.9 Å². The summed E-state index contributed by atoms with van der Waals surface area (Å²) in [5, 5.41) is 3.42. The molecular weight excluding hydrogens is 465 g/mol. The summed E-state index contributed by atoms with van der Waals surface area (Å²) in [6, 6.07) is 9.16. The molecule has 35 heavy (non-hydrogen) atoms. The fourth-order valence-corrected chi connectivity index (χ4v) is 4.78. The SMILES string of the molecule is C=CCn1c(=S)[nH]c2cc(C(=O)NC(C)c3cc(F)ccc3N3CCN(CC)CC3)ccc2c1=O. The van der Waals surface area contributed by atoms with Gasteiger partial charge >= 0.3 is 0 Å². The Labute approximate surface area is 208 Å². The first-order chi connectivity index (χ1) is 16.8. The number of aromatic nitrogens is 2. The van der Waals surface area contributed by atoms with Gasteiger partial charge in [-0.05, 0) is 62.1 Å². The van der Waals surface area contributed by atoms with Crippen LogP contribution in [-0.2, 0) is 6.54 Å². The number of rotatable bonds is 7. The van der Waals surface area contributed by atoms with Crippen LogP contribution in [0.4, 0.5) is 10.1 Å². The minimum absolute atomic E-state index is 0.239. The maximum Gasteiger partial charge on any atom is 0.262 e. The van der Waals surface area contributed by atoms with Crippen molar-refractivity contribution >= 4 is 34.7 Å². The van der Waals surface area contributed by atoms with Crippen molar-refractivity contribution in [2.45, 2.75) is 26.4 Å². The average Bonchev–Trinajstić information content (AvgIpc) is 2.86. The molecule has 0 radical (unpaired) electrons. The lowest BCUT2D eigenvalue weighted by Crippen LogP contribution is -2.46. The first kappa shape index (κ1) is 24.8. The molecule has 0 bridgehead atoms. The molecule has 2 N–H and O–H groups in total. The quantitative estimate of drug-likeness (QED) is 0.383. The molecule has 9 heteroatoms. The van der Waals surface area contributed by atoms with Crippen LogP contribution < -0.4 is 15.8 Å². The van der Waals surface area contributed by atoms with Crippen molar-refractivity contribution in [2.24, 2.45) is 0 Å². The highest BCUT2D eigenvalue weighted by molar-refractivity contribution is 7.71. The Balaban J connectivity index is 1.58. The minimum Gasteiger partial charge on any atom is -0.369 e. The number of amides is 1. The standard InChI is InChI=1S/C26H30FN5O2S/c1-4-10-32-25(34)20-8-6-18(15-22(20)29-26(32)35)24(33)28-17(3)21-16-19(27)7-9-23(21)31-13-11-30(5-2)12-14-31/h4,6-9,15-17H,1,5,10-14H2,2-3H3,(H,28,33)(H,29,35). The second-order valence-electron chi connectivity index (χ2n) is 8.71. The van der Waals surface area contributed by atoms with E-state index in [-0.39, 0.29) is 22.1 Å².